The fourth-order valence-corrected chi connectivity index (χ4v) is 3.50. The van der Waals surface area contributed by atoms with Crippen molar-refractivity contribution in [3.05, 3.63) is 40.9 Å². The maximum Gasteiger partial charge on any atom is 0.244 e. The molecule has 7 nitrogen and oxygen atoms in total. The summed E-state index contributed by atoms with van der Waals surface area (Å²) in [6.07, 6.45) is 3.12. The van der Waals surface area contributed by atoms with Crippen LogP contribution in [0.15, 0.2) is 21.7 Å². The zero-order chi connectivity index (χ0) is 15.6. The number of nitrogens with zero attached hydrogens (tertiary/aromatic N) is 2. The summed E-state index contributed by atoms with van der Waals surface area (Å²) in [6.45, 7) is 5.27. The van der Waals surface area contributed by atoms with Gasteiger partial charge in [-0.2, -0.15) is 0 Å². The molecule has 0 aliphatic heterocycles. The van der Waals surface area contributed by atoms with E-state index in [4.69, 9.17) is 10.2 Å². The monoisotopic (exact) mass is 310 g/mol. The first-order valence-corrected chi connectivity index (χ1v) is 7.89. The van der Waals surface area contributed by atoms with Crippen LogP contribution in [0.3, 0.4) is 0 Å². The number of nitrogens with one attached hydrogen (secondary N) is 1. The second-order valence-corrected chi connectivity index (χ2v) is 6.40. The number of aromatic nitrogens is 2. The third-order valence-electron chi connectivity index (χ3n) is 3.08. The quantitative estimate of drug-likeness (QED) is 0.850. The average molecular weight is 310 g/mol. The predicted octanol–water partition coefficient (Wildman–Crippen LogP) is 0.932. The highest BCUT2D eigenvalue weighted by Crippen LogP contribution is 2.26. The molecule has 0 atom stereocenters. The van der Waals surface area contributed by atoms with Gasteiger partial charge in [0.1, 0.15) is 16.4 Å². The van der Waals surface area contributed by atoms with Crippen molar-refractivity contribution in [3.63, 3.8) is 0 Å². The van der Waals surface area contributed by atoms with Crippen molar-refractivity contribution < 1.29 is 12.8 Å². The lowest BCUT2D eigenvalue weighted by Gasteiger charge is -2.07. The molecule has 8 heteroatoms. The first-order chi connectivity index (χ1) is 9.85. The molecule has 0 saturated heterocycles. The second kappa shape index (κ2) is 5.92. The van der Waals surface area contributed by atoms with Crippen LogP contribution < -0.4 is 10.5 Å². The Labute approximate surface area is 123 Å². The van der Waals surface area contributed by atoms with E-state index in [1.54, 1.807) is 20.0 Å². The van der Waals surface area contributed by atoms with E-state index in [1.165, 1.54) is 6.20 Å². The number of rotatable bonds is 5. The first-order valence-electron chi connectivity index (χ1n) is 6.41. The van der Waals surface area contributed by atoms with Gasteiger partial charge in [-0.15, -0.1) is 0 Å². The molecule has 0 saturated carbocycles. The first kappa shape index (κ1) is 15.6. The summed E-state index contributed by atoms with van der Waals surface area (Å²) in [5.74, 6) is 0.848. The molecule has 0 spiro atoms. The van der Waals surface area contributed by atoms with Gasteiger partial charge in [0.15, 0.2) is 0 Å². The minimum atomic E-state index is -3.71. The Morgan fingerprint density at radius 2 is 1.90 bits per heavy atom. The Bertz CT molecular complexity index is 736. The second-order valence-electron chi connectivity index (χ2n) is 4.70. The van der Waals surface area contributed by atoms with Crippen LogP contribution in [-0.4, -0.2) is 18.4 Å². The molecule has 0 unspecified atom stereocenters. The van der Waals surface area contributed by atoms with Gasteiger partial charge in [-0.05, 0) is 20.8 Å². The van der Waals surface area contributed by atoms with Crippen LogP contribution in [0.4, 0.5) is 0 Å². The van der Waals surface area contributed by atoms with E-state index in [0.717, 1.165) is 5.69 Å². The van der Waals surface area contributed by atoms with Gasteiger partial charge in [-0.25, -0.2) is 13.1 Å². The molecule has 0 aliphatic carbocycles. The van der Waals surface area contributed by atoms with Gasteiger partial charge in [0.2, 0.25) is 10.0 Å². The molecule has 0 bridgehead atoms. The van der Waals surface area contributed by atoms with Crippen molar-refractivity contribution in [1.29, 1.82) is 0 Å². The van der Waals surface area contributed by atoms with E-state index in [-0.39, 0.29) is 18.0 Å². The van der Waals surface area contributed by atoms with Crippen molar-refractivity contribution in [2.75, 3.05) is 0 Å². The summed E-state index contributed by atoms with van der Waals surface area (Å²) in [7, 11) is -3.71. The summed E-state index contributed by atoms with van der Waals surface area (Å²) in [5, 5.41) is 0. The molecule has 2 aromatic rings. The van der Waals surface area contributed by atoms with Crippen molar-refractivity contribution in [2.45, 2.75) is 38.8 Å². The van der Waals surface area contributed by atoms with Gasteiger partial charge in [-0.1, -0.05) is 0 Å². The topological polar surface area (TPSA) is 111 Å². The Morgan fingerprint density at radius 1 is 1.19 bits per heavy atom. The van der Waals surface area contributed by atoms with Crippen molar-refractivity contribution in [2.24, 2.45) is 5.73 Å². The highest BCUT2D eigenvalue weighted by atomic mass is 32.2. The van der Waals surface area contributed by atoms with Gasteiger partial charge in [0, 0.05) is 18.3 Å². The molecule has 0 amide bonds. The number of furan rings is 1. The van der Waals surface area contributed by atoms with E-state index in [2.05, 4.69) is 14.7 Å². The summed E-state index contributed by atoms with van der Waals surface area (Å²) in [5.41, 5.74) is 7.42. The molecular formula is C13H18N4O3S. The summed E-state index contributed by atoms with van der Waals surface area (Å²) in [4.78, 5) is 8.29. The van der Waals surface area contributed by atoms with E-state index in [9.17, 15) is 8.42 Å². The van der Waals surface area contributed by atoms with Crippen molar-refractivity contribution in [3.8, 4) is 0 Å². The molecular weight excluding hydrogens is 292 g/mol. The molecule has 21 heavy (non-hydrogen) atoms. The number of hydrogen-bond donors (Lipinski definition) is 2. The van der Waals surface area contributed by atoms with Crippen LogP contribution in [0.1, 0.15) is 28.5 Å². The largest absolute Gasteiger partial charge is 0.465 e. The third kappa shape index (κ3) is 3.29. The van der Waals surface area contributed by atoms with Gasteiger partial charge in [0.25, 0.3) is 0 Å². The summed E-state index contributed by atoms with van der Waals surface area (Å²) in [6, 6.07) is 0. The average Bonchev–Trinajstić information content (AvgIpc) is 2.73. The minimum Gasteiger partial charge on any atom is -0.465 e. The van der Waals surface area contributed by atoms with Gasteiger partial charge in [-0.3, -0.25) is 9.97 Å². The highest BCUT2D eigenvalue weighted by Gasteiger charge is 2.25. The Hall–Kier alpha value is -1.77. The maximum atomic E-state index is 12.4. The fourth-order valence-electron chi connectivity index (χ4n) is 2.05. The molecule has 0 aliphatic rings. The number of aryl methyl sites for hydroxylation is 3. The molecule has 2 aromatic heterocycles. The Morgan fingerprint density at radius 3 is 2.48 bits per heavy atom. The summed E-state index contributed by atoms with van der Waals surface area (Å²) >= 11 is 0. The van der Waals surface area contributed by atoms with Crippen LogP contribution in [0.5, 0.6) is 0 Å². The molecule has 2 rings (SSSR count). The standard InChI is InChI=1S/C13H18N4O3S/c1-8-5-16-11(6-15-8)7-17-21(18,19)13-10(3)20-9(2)12(13)4-14/h5-6,17H,4,7,14H2,1-3H3. The number of sulfonamides is 1. The van der Waals surface area contributed by atoms with Crippen molar-refractivity contribution in [1.82, 2.24) is 14.7 Å². The molecule has 0 radical (unpaired) electrons. The third-order valence-corrected chi connectivity index (χ3v) is 4.67. The van der Waals surface area contributed by atoms with Gasteiger partial charge < -0.3 is 10.2 Å². The van der Waals surface area contributed by atoms with Crippen LogP contribution in [0.2, 0.25) is 0 Å². The fraction of sp³-hybridized carbons (Fsp3) is 0.385. The smallest absolute Gasteiger partial charge is 0.244 e. The molecule has 114 valence electrons. The van der Waals surface area contributed by atoms with E-state index >= 15 is 0 Å². The van der Waals surface area contributed by atoms with E-state index in [1.807, 2.05) is 6.92 Å². The van der Waals surface area contributed by atoms with Crippen molar-refractivity contribution >= 4 is 10.0 Å². The van der Waals surface area contributed by atoms with Gasteiger partial charge in [0.05, 0.1) is 24.1 Å². The van der Waals surface area contributed by atoms with Gasteiger partial charge >= 0.3 is 0 Å². The van der Waals surface area contributed by atoms with Crippen LogP contribution in [0, 0.1) is 20.8 Å². The SMILES string of the molecule is Cc1cnc(CNS(=O)(=O)c2c(C)oc(C)c2CN)cn1. The zero-order valence-corrected chi connectivity index (χ0v) is 13.0. The van der Waals surface area contributed by atoms with E-state index in [0.29, 0.717) is 22.8 Å². The molecule has 0 aromatic carbocycles. The van der Waals surface area contributed by atoms with Crippen LogP contribution in [-0.2, 0) is 23.1 Å². The maximum absolute atomic E-state index is 12.4. The van der Waals surface area contributed by atoms with Crippen LogP contribution >= 0.6 is 0 Å². The Kier molecular flexibility index (Phi) is 4.40. The predicted molar refractivity (Wildman–Crippen MR) is 76.9 cm³/mol. The number of nitrogens with two attached hydrogens (primary N) is 1. The number of hydrogen-bond acceptors (Lipinski definition) is 6. The lowest BCUT2D eigenvalue weighted by Crippen LogP contribution is -2.25. The minimum absolute atomic E-state index is 0.0588. The normalized spacial score (nSPS) is 11.8. The lowest BCUT2D eigenvalue weighted by atomic mass is 10.2. The highest BCUT2D eigenvalue weighted by molar-refractivity contribution is 7.89. The molecule has 2 heterocycles. The lowest BCUT2D eigenvalue weighted by molar-refractivity contribution is 0.494. The van der Waals surface area contributed by atoms with Crippen LogP contribution in [0.25, 0.3) is 0 Å². The summed E-state index contributed by atoms with van der Waals surface area (Å²) < 4.78 is 32.7. The van der Waals surface area contributed by atoms with E-state index < -0.39 is 10.0 Å². The molecule has 3 N–H and O–H groups in total. The Balaban J connectivity index is 2.25. The zero-order valence-electron chi connectivity index (χ0n) is 12.2. The molecule has 0 fully saturated rings.